The van der Waals surface area contributed by atoms with Gasteiger partial charge in [0.05, 0.1) is 0 Å². The summed E-state index contributed by atoms with van der Waals surface area (Å²) < 4.78 is 5.95. The minimum absolute atomic E-state index is 0.0872. The first kappa shape index (κ1) is 23.1. The third-order valence-electron chi connectivity index (χ3n) is 7.06. The van der Waals surface area contributed by atoms with Gasteiger partial charge in [-0.3, -0.25) is 4.79 Å². The number of nitrogens with zero attached hydrogens (tertiary/aromatic N) is 5. The summed E-state index contributed by atoms with van der Waals surface area (Å²) in [4.78, 5) is 28.6. The van der Waals surface area contributed by atoms with Gasteiger partial charge in [-0.15, -0.1) is 0 Å². The lowest BCUT2D eigenvalue weighted by molar-refractivity contribution is -0.136. The zero-order chi connectivity index (χ0) is 24.0. The van der Waals surface area contributed by atoms with E-state index in [1.807, 2.05) is 24.3 Å². The highest BCUT2D eigenvalue weighted by molar-refractivity contribution is 5.79. The van der Waals surface area contributed by atoms with Crippen LogP contribution in [0, 0.1) is 5.92 Å². The predicted molar refractivity (Wildman–Crippen MR) is 138 cm³/mol. The maximum absolute atomic E-state index is 13.2. The Hall–Kier alpha value is -3.61. The molecule has 0 spiro atoms. The van der Waals surface area contributed by atoms with Crippen LogP contribution in [0.5, 0.6) is 11.6 Å². The van der Waals surface area contributed by atoms with Crippen LogP contribution in [0.1, 0.15) is 25.3 Å². The van der Waals surface area contributed by atoms with E-state index in [0.29, 0.717) is 11.8 Å². The van der Waals surface area contributed by atoms with Crippen molar-refractivity contribution >= 4 is 17.4 Å². The van der Waals surface area contributed by atoms with Crippen LogP contribution in [0.15, 0.2) is 67.0 Å². The number of carbonyl (C=O) groups is 1. The van der Waals surface area contributed by atoms with Crippen LogP contribution in [-0.4, -0.2) is 60.0 Å². The highest BCUT2D eigenvalue weighted by atomic mass is 16.5. The Morgan fingerprint density at radius 2 is 1.60 bits per heavy atom. The molecule has 3 heterocycles. The minimum atomic E-state index is 0.0872. The van der Waals surface area contributed by atoms with Crippen molar-refractivity contribution in [2.45, 2.75) is 26.2 Å². The van der Waals surface area contributed by atoms with Crippen molar-refractivity contribution in [1.82, 2.24) is 14.9 Å². The molecule has 0 bridgehead atoms. The van der Waals surface area contributed by atoms with Crippen molar-refractivity contribution in [3.8, 4) is 11.6 Å². The molecule has 5 rings (SSSR count). The topological polar surface area (TPSA) is 61.8 Å². The zero-order valence-electron chi connectivity index (χ0n) is 20.3. The van der Waals surface area contributed by atoms with E-state index in [1.54, 1.807) is 6.33 Å². The van der Waals surface area contributed by atoms with Gasteiger partial charge in [-0.2, -0.15) is 0 Å². The molecule has 1 aromatic heterocycles. The summed E-state index contributed by atoms with van der Waals surface area (Å²) >= 11 is 0. The fourth-order valence-corrected chi connectivity index (χ4v) is 4.91. The molecule has 3 aromatic rings. The lowest BCUT2D eigenvalue weighted by Crippen LogP contribution is -2.51. The molecule has 2 saturated heterocycles. The predicted octanol–water partition coefficient (Wildman–Crippen LogP) is 4.40. The van der Waals surface area contributed by atoms with E-state index >= 15 is 0 Å². The van der Waals surface area contributed by atoms with Gasteiger partial charge in [-0.05, 0) is 49.1 Å². The van der Waals surface area contributed by atoms with Crippen LogP contribution < -0.4 is 14.5 Å². The minimum Gasteiger partial charge on any atom is -0.439 e. The number of ether oxygens (including phenoxy) is 1. The third-order valence-corrected chi connectivity index (χ3v) is 7.06. The van der Waals surface area contributed by atoms with E-state index < -0.39 is 0 Å². The Labute approximate surface area is 207 Å². The lowest BCUT2D eigenvalue weighted by atomic mass is 9.95. The first-order valence-electron chi connectivity index (χ1n) is 12.6. The highest BCUT2D eigenvalue weighted by Crippen LogP contribution is 2.27. The van der Waals surface area contributed by atoms with E-state index in [0.717, 1.165) is 70.1 Å². The van der Waals surface area contributed by atoms with Gasteiger partial charge in [0.2, 0.25) is 11.8 Å². The van der Waals surface area contributed by atoms with Crippen LogP contribution in [0.25, 0.3) is 0 Å². The molecule has 2 aromatic carbocycles. The number of hydrogen-bond acceptors (Lipinski definition) is 6. The molecule has 7 heteroatoms. The van der Waals surface area contributed by atoms with Crippen molar-refractivity contribution in [3.05, 3.63) is 72.6 Å². The molecule has 0 radical (unpaired) electrons. The smallest absolute Gasteiger partial charge is 0.225 e. The summed E-state index contributed by atoms with van der Waals surface area (Å²) in [6, 6.07) is 20.4. The SMILES string of the molecule is CCc1ccc(Oc2cc(N3CCC(C(=O)N4CCN(c5ccccc5)CC4)CC3)ncn2)cc1. The third kappa shape index (κ3) is 5.56. The number of aromatic nitrogens is 2. The summed E-state index contributed by atoms with van der Waals surface area (Å²) in [6.07, 6.45) is 4.24. The fourth-order valence-electron chi connectivity index (χ4n) is 4.91. The Morgan fingerprint density at radius 3 is 2.29 bits per heavy atom. The summed E-state index contributed by atoms with van der Waals surface area (Å²) in [7, 11) is 0. The van der Waals surface area contributed by atoms with Crippen molar-refractivity contribution in [3.63, 3.8) is 0 Å². The monoisotopic (exact) mass is 471 g/mol. The largest absolute Gasteiger partial charge is 0.439 e. The zero-order valence-corrected chi connectivity index (χ0v) is 20.3. The molecule has 182 valence electrons. The second-order valence-electron chi connectivity index (χ2n) is 9.22. The van der Waals surface area contributed by atoms with Crippen LogP contribution >= 0.6 is 0 Å². The molecule has 7 nitrogen and oxygen atoms in total. The summed E-state index contributed by atoms with van der Waals surface area (Å²) in [5.74, 6) is 2.54. The second-order valence-corrected chi connectivity index (χ2v) is 9.22. The standard InChI is InChI=1S/C28H33N5O2/c1-2-22-8-10-25(11-9-22)35-27-20-26(29-21-30-27)32-14-12-23(13-15-32)28(34)33-18-16-31(17-19-33)24-6-4-3-5-7-24/h3-11,20-21,23H,2,12-19H2,1H3. The molecule has 0 atom stereocenters. The van der Waals surface area contributed by atoms with Gasteiger partial charge in [-0.25, -0.2) is 9.97 Å². The molecule has 0 aliphatic carbocycles. The van der Waals surface area contributed by atoms with Gasteiger partial charge in [-0.1, -0.05) is 37.3 Å². The molecule has 1 amide bonds. The number of amides is 1. The second kappa shape index (κ2) is 10.8. The Bertz CT molecular complexity index is 1110. The summed E-state index contributed by atoms with van der Waals surface area (Å²) in [5.41, 5.74) is 2.51. The molecule has 2 aliphatic rings. The van der Waals surface area contributed by atoms with Crippen molar-refractivity contribution in [2.24, 2.45) is 5.92 Å². The summed E-state index contributed by atoms with van der Waals surface area (Å²) in [5, 5.41) is 0. The van der Waals surface area contributed by atoms with Crippen molar-refractivity contribution in [2.75, 3.05) is 49.1 Å². The maximum atomic E-state index is 13.2. The molecule has 2 aliphatic heterocycles. The molecule has 2 fully saturated rings. The summed E-state index contributed by atoms with van der Waals surface area (Å²) in [6.45, 7) is 7.11. The van der Waals surface area contributed by atoms with E-state index in [9.17, 15) is 4.79 Å². The van der Waals surface area contributed by atoms with Crippen molar-refractivity contribution in [1.29, 1.82) is 0 Å². The number of rotatable bonds is 6. The molecule has 35 heavy (non-hydrogen) atoms. The van der Waals surface area contributed by atoms with Crippen LogP contribution in [0.2, 0.25) is 0 Å². The lowest BCUT2D eigenvalue weighted by Gasteiger charge is -2.39. The number of carbonyl (C=O) groups excluding carboxylic acids is 1. The van der Waals surface area contributed by atoms with Gasteiger partial charge >= 0.3 is 0 Å². The number of aryl methyl sites for hydroxylation is 1. The first-order chi connectivity index (χ1) is 17.2. The van der Waals surface area contributed by atoms with Gasteiger partial charge in [0, 0.05) is 56.9 Å². The first-order valence-corrected chi connectivity index (χ1v) is 12.6. The van der Waals surface area contributed by atoms with Crippen LogP contribution in [0.4, 0.5) is 11.5 Å². The number of piperazine rings is 1. The van der Waals surface area contributed by atoms with E-state index in [4.69, 9.17) is 4.74 Å². The molecule has 0 N–H and O–H groups in total. The number of anilines is 2. The quantitative estimate of drug-likeness (QED) is 0.531. The van der Waals surface area contributed by atoms with Crippen LogP contribution in [-0.2, 0) is 11.2 Å². The Morgan fingerprint density at radius 1 is 0.886 bits per heavy atom. The average Bonchev–Trinajstić information content (AvgIpc) is 2.94. The van der Waals surface area contributed by atoms with Gasteiger partial charge < -0.3 is 19.4 Å². The van der Waals surface area contributed by atoms with Gasteiger partial charge in [0.25, 0.3) is 0 Å². The molecular formula is C28H33N5O2. The molecule has 0 saturated carbocycles. The fraction of sp³-hybridized carbons (Fsp3) is 0.393. The number of hydrogen-bond donors (Lipinski definition) is 0. The normalized spacial score (nSPS) is 16.9. The van der Waals surface area contributed by atoms with E-state index in [1.165, 1.54) is 11.3 Å². The van der Waals surface area contributed by atoms with Gasteiger partial charge in [0.15, 0.2) is 0 Å². The number of para-hydroxylation sites is 1. The number of benzene rings is 2. The van der Waals surface area contributed by atoms with E-state index in [2.05, 4.69) is 68.0 Å². The van der Waals surface area contributed by atoms with Gasteiger partial charge in [0.1, 0.15) is 17.9 Å². The molecular weight excluding hydrogens is 438 g/mol. The van der Waals surface area contributed by atoms with Crippen LogP contribution in [0.3, 0.4) is 0 Å². The molecule has 0 unspecified atom stereocenters. The van der Waals surface area contributed by atoms with Crippen molar-refractivity contribution < 1.29 is 9.53 Å². The van der Waals surface area contributed by atoms with E-state index in [-0.39, 0.29) is 5.92 Å². The Balaban J connectivity index is 1.13. The highest BCUT2D eigenvalue weighted by Gasteiger charge is 2.31. The average molecular weight is 472 g/mol. The Kier molecular flexibility index (Phi) is 7.12. The number of piperidine rings is 1. The maximum Gasteiger partial charge on any atom is 0.225 e.